The van der Waals surface area contributed by atoms with Gasteiger partial charge in [-0.15, -0.1) is 0 Å². The van der Waals surface area contributed by atoms with E-state index in [1.165, 1.54) is 16.8 Å². The van der Waals surface area contributed by atoms with Crippen molar-refractivity contribution in [3.63, 3.8) is 0 Å². The molecule has 0 aliphatic carbocycles. The molecule has 1 heterocycles. The van der Waals surface area contributed by atoms with Gasteiger partial charge in [-0.25, -0.2) is 4.68 Å². The Morgan fingerprint density at radius 3 is 2.71 bits per heavy atom. The number of non-ortho nitro benzene ring substituents is 1. The summed E-state index contributed by atoms with van der Waals surface area (Å²) in [5.74, 6) is 0. The maximum absolute atomic E-state index is 10.9. The van der Waals surface area contributed by atoms with Gasteiger partial charge in [0.15, 0.2) is 5.11 Å². The fourth-order valence-electron chi connectivity index (χ4n) is 1.98. The second kappa shape index (κ2) is 5.29. The molecule has 0 atom stereocenters. The number of anilines is 1. The normalized spacial score (nSPS) is 10.5. The van der Waals surface area contributed by atoms with Gasteiger partial charge in [0.2, 0.25) is 0 Å². The molecule has 0 bridgehead atoms. The molecular formula is C14H10N4O2S. The molecule has 0 aliphatic heterocycles. The molecule has 0 spiro atoms. The van der Waals surface area contributed by atoms with E-state index in [1.807, 2.05) is 30.3 Å². The van der Waals surface area contributed by atoms with E-state index in [2.05, 4.69) is 10.4 Å². The summed E-state index contributed by atoms with van der Waals surface area (Å²) in [5, 5.41) is 19.2. The summed E-state index contributed by atoms with van der Waals surface area (Å²) in [7, 11) is 0. The highest BCUT2D eigenvalue weighted by Crippen LogP contribution is 2.21. The van der Waals surface area contributed by atoms with E-state index in [0.717, 1.165) is 11.1 Å². The smallest absolute Gasteiger partial charge is 0.271 e. The molecule has 2 aromatic carbocycles. The standard InChI is InChI=1S/C14H10N4O2S/c19-18(20)12-7-6-10-9-15-17(13(10)8-12)14(21)16-11-4-2-1-3-5-11/h1-9H,(H,16,21). The van der Waals surface area contributed by atoms with Crippen LogP contribution in [0.4, 0.5) is 11.4 Å². The highest BCUT2D eigenvalue weighted by atomic mass is 32.1. The van der Waals surface area contributed by atoms with Gasteiger partial charge in [-0.2, -0.15) is 5.10 Å². The van der Waals surface area contributed by atoms with Gasteiger partial charge in [-0.3, -0.25) is 10.1 Å². The van der Waals surface area contributed by atoms with Crippen molar-refractivity contribution in [2.75, 3.05) is 5.32 Å². The molecule has 1 aromatic heterocycles. The summed E-state index contributed by atoms with van der Waals surface area (Å²) in [6.07, 6.45) is 1.62. The molecule has 0 unspecified atom stereocenters. The molecule has 6 nitrogen and oxygen atoms in total. The Balaban J connectivity index is 1.98. The topological polar surface area (TPSA) is 73.0 Å². The SMILES string of the molecule is O=[N+]([O-])c1ccc2cnn(C(=S)Nc3ccccc3)c2c1. The van der Waals surface area contributed by atoms with Gasteiger partial charge >= 0.3 is 0 Å². The molecule has 0 aliphatic rings. The summed E-state index contributed by atoms with van der Waals surface area (Å²) in [5.41, 5.74) is 1.43. The predicted molar refractivity (Wildman–Crippen MR) is 84.4 cm³/mol. The second-order valence-corrected chi connectivity index (χ2v) is 4.74. The van der Waals surface area contributed by atoms with Crippen LogP contribution < -0.4 is 5.32 Å². The molecule has 0 radical (unpaired) electrons. The first kappa shape index (κ1) is 13.2. The predicted octanol–water partition coefficient (Wildman–Crippen LogP) is 3.19. The molecule has 0 saturated carbocycles. The van der Waals surface area contributed by atoms with Crippen molar-refractivity contribution in [1.29, 1.82) is 0 Å². The van der Waals surface area contributed by atoms with Gasteiger partial charge in [0.25, 0.3) is 5.69 Å². The van der Waals surface area contributed by atoms with Crippen molar-refractivity contribution >= 4 is 39.6 Å². The number of para-hydroxylation sites is 1. The van der Waals surface area contributed by atoms with Crippen molar-refractivity contribution in [2.45, 2.75) is 0 Å². The minimum absolute atomic E-state index is 0.00626. The number of nitro benzene ring substituents is 1. The summed E-state index contributed by atoms with van der Waals surface area (Å²) in [6.45, 7) is 0. The zero-order valence-electron chi connectivity index (χ0n) is 10.8. The van der Waals surface area contributed by atoms with Crippen molar-refractivity contribution in [3.8, 4) is 0 Å². The van der Waals surface area contributed by atoms with Crippen LogP contribution in [0.3, 0.4) is 0 Å². The fraction of sp³-hybridized carbons (Fsp3) is 0. The molecule has 0 amide bonds. The third kappa shape index (κ3) is 2.59. The van der Waals surface area contributed by atoms with Crippen molar-refractivity contribution < 1.29 is 4.92 Å². The first-order valence-corrected chi connectivity index (χ1v) is 6.54. The molecule has 21 heavy (non-hydrogen) atoms. The van der Waals surface area contributed by atoms with Gasteiger partial charge in [0.1, 0.15) is 0 Å². The molecule has 3 aromatic rings. The van der Waals surface area contributed by atoms with Crippen LogP contribution in [-0.2, 0) is 0 Å². The lowest BCUT2D eigenvalue weighted by Gasteiger charge is -2.08. The highest BCUT2D eigenvalue weighted by molar-refractivity contribution is 7.80. The van der Waals surface area contributed by atoms with Crippen LogP contribution in [0.2, 0.25) is 0 Å². The van der Waals surface area contributed by atoms with Crippen LogP contribution in [-0.4, -0.2) is 19.8 Å². The summed E-state index contributed by atoms with van der Waals surface area (Å²) in [6, 6.07) is 14.0. The third-order valence-electron chi connectivity index (χ3n) is 2.98. The lowest BCUT2D eigenvalue weighted by molar-refractivity contribution is -0.384. The van der Waals surface area contributed by atoms with Crippen LogP contribution in [0.5, 0.6) is 0 Å². The summed E-state index contributed by atoms with van der Waals surface area (Å²) in [4.78, 5) is 10.4. The number of rotatable bonds is 2. The number of benzene rings is 2. The Morgan fingerprint density at radius 2 is 2.00 bits per heavy atom. The number of fused-ring (bicyclic) bond motifs is 1. The Hall–Kier alpha value is -2.80. The maximum Gasteiger partial charge on any atom is 0.271 e. The first-order chi connectivity index (χ1) is 10.1. The molecular weight excluding hydrogens is 288 g/mol. The molecule has 0 saturated heterocycles. The fourth-order valence-corrected chi connectivity index (χ4v) is 2.24. The van der Waals surface area contributed by atoms with E-state index < -0.39 is 4.92 Å². The Morgan fingerprint density at radius 1 is 1.24 bits per heavy atom. The lowest BCUT2D eigenvalue weighted by atomic mass is 10.2. The van der Waals surface area contributed by atoms with Crippen molar-refractivity contribution in [1.82, 2.24) is 9.78 Å². The number of aromatic nitrogens is 2. The van der Waals surface area contributed by atoms with Crippen LogP contribution in [0, 0.1) is 10.1 Å². The number of nitrogens with zero attached hydrogens (tertiary/aromatic N) is 3. The lowest BCUT2D eigenvalue weighted by Crippen LogP contribution is -2.20. The minimum Gasteiger partial charge on any atom is -0.331 e. The first-order valence-electron chi connectivity index (χ1n) is 6.14. The Labute approximate surface area is 125 Å². The van der Waals surface area contributed by atoms with E-state index in [4.69, 9.17) is 12.2 Å². The minimum atomic E-state index is -0.440. The van der Waals surface area contributed by atoms with E-state index in [1.54, 1.807) is 12.3 Å². The summed E-state index contributed by atoms with van der Waals surface area (Å²) < 4.78 is 1.48. The van der Waals surface area contributed by atoms with E-state index >= 15 is 0 Å². The van der Waals surface area contributed by atoms with Gasteiger partial charge in [-0.1, -0.05) is 18.2 Å². The highest BCUT2D eigenvalue weighted by Gasteiger charge is 2.12. The van der Waals surface area contributed by atoms with E-state index in [9.17, 15) is 10.1 Å². The molecule has 1 N–H and O–H groups in total. The Bertz CT molecular complexity index is 829. The average molecular weight is 298 g/mol. The summed E-state index contributed by atoms with van der Waals surface area (Å²) >= 11 is 5.31. The molecule has 0 fully saturated rings. The molecule has 3 rings (SSSR count). The van der Waals surface area contributed by atoms with E-state index in [-0.39, 0.29) is 5.69 Å². The largest absolute Gasteiger partial charge is 0.331 e. The third-order valence-corrected chi connectivity index (χ3v) is 3.26. The zero-order valence-corrected chi connectivity index (χ0v) is 11.6. The van der Waals surface area contributed by atoms with Gasteiger partial charge < -0.3 is 5.32 Å². The Kier molecular flexibility index (Phi) is 3.33. The van der Waals surface area contributed by atoms with Crippen LogP contribution in [0.1, 0.15) is 0 Å². The van der Waals surface area contributed by atoms with Crippen molar-refractivity contribution in [3.05, 3.63) is 64.8 Å². The van der Waals surface area contributed by atoms with Crippen molar-refractivity contribution in [2.24, 2.45) is 0 Å². The molecule has 7 heteroatoms. The monoisotopic (exact) mass is 298 g/mol. The number of hydrogen-bond donors (Lipinski definition) is 1. The van der Waals surface area contributed by atoms with Gasteiger partial charge in [0.05, 0.1) is 16.6 Å². The van der Waals surface area contributed by atoms with Gasteiger partial charge in [0, 0.05) is 23.2 Å². The second-order valence-electron chi connectivity index (χ2n) is 4.35. The van der Waals surface area contributed by atoms with Gasteiger partial charge in [-0.05, 0) is 30.4 Å². The number of nitro groups is 1. The zero-order chi connectivity index (χ0) is 14.8. The van der Waals surface area contributed by atoms with Crippen LogP contribution in [0.15, 0.2) is 54.7 Å². The number of hydrogen-bond acceptors (Lipinski definition) is 4. The van der Waals surface area contributed by atoms with E-state index in [0.29, 0.717) is 10.6 Å². The number of thiocarbonyl (C=S) groups is 1. The molecule has 104 valence electrons. The van der Waals surface area contributed by atoms with Crippen LogP contribution >= 0.6 is 12.2 Å². The average Bonchev–Trinajstić information content (AvgIpc) is 2.91. The maximum atomic E-state index is 10.9. The number of nitrogens with one attached hydrogen (secondary N) is 1. The quantitative estimate of drug-likeness (QED) is 0.447. The van der Waals surface area contributed by atoms with Crippen LogP contribution in [0.25, 0.3) is 10.9 Å².